The van der Waals surface area contributed by atoms with Crippen LogP contribution in [0.2, 0.25) is 0 Å². The fraction of sp³-hybridized carbons (Fsp3) is 0.429. The van der Waals surface area contributed by atoms with Crippen LogP contribution >= 0.6 is 0 Å². The first-order chi connectivity index (χ1) is 6.86. The third-order valence-corrected chi connectivity index (χ3v) is 2.07. The molecular weight excluding hydrogens is 168 g/mol. The number of hydrogen-bond donors (Lipinski definition) is 0. The van der Waals surface area contributed by atoms with Gasteiger partial charge in [0.15, 0.2) is 0 Å². The largest absolute Gasteiger partial charge is 0.0979 e. The minimum Gasteiger partial charge on any atom is -0.0979 e. The first-order valence-corrected chi connectivity index (χ1v) is 5.44. The van der Waals surface area contributed by atoms with Gasteiger partial charge in [0.25, 0.3) is 0 Å². The van der Waals surface area contributed by atoms with Gasteiger partial charge in [-0.2, -0.15) is 0 Å². The van der Waals surface area contributed by atoms with Crippen molar-refractivity contribution < 1.29 is 0 Å². The van der Waals surface area contributed by atoms with E-state index < -0.39 is 0 Å². The maximum Gasteiger partial charge on any atom is 0.0247 e. The molecule has 0 aliphatic carbocycles. The Kier molecular flexibility index (Phi) is 4.86. The summed E-state index contributed by atoms with van der Waals surface area (Å²) in [5, 5.41) is 0. The number of aryl methyl sites for hydroxylation is 1. The van der Waals surface area contributed by atoms with E-state index in [9.17, 15) is 0 Å². The lowest BCUT2D eigenvalue weighted by atomic mass is 10.1. The van der Waals surface area contributed by atoms with Crippen molar-refractivity contribution in [3.05, 3.63) is 35.4 Å². The van der Waals surface area contributed by atoms with Crippen LogP contribution in [0.5, 0.6) is 0 Å². The highest BCUT2D eigenvalue weighted by Crippen LogP contribution is 2.06. The normalized spacial score (nSPS) is 9.29. The van der Waals surface area contributed by atoms with Gasteiger partial charge in [-0.15, -0.1) is 0 Å². The molecule has 0 aromatic heterocycles. The van der Waals surface area contributed by atoms with Gasteiger partial charge in [-0.3, -0.25) is 0 Å². The van der Waals surface area contributed by atoms with Crippen molar-refractivity contribution in [2.75, 3.05) is 0 Å². The van der Waals surface area contributed by atoms with Gasteiger partial charge in [-0.1, -0.05) is 44.2 Å². The zero-order valence-electron chi connectivity index (χ0n) is 9.14. The molecule has 0 N–H and O–H groups in total. The minimum atomic E-state index is 0.998. The summed E-state index contributed by atoms with van der Waals surface area (Å²) in [5.41, 5.74) is 2.56. The Morgan fingerprint density at radius 1 is 1.14 bits per heavy atom. The summed E-state index contributed by atoms with van der Waals surface area (Å²) in [7, 11) is 0. The molecule has 1 aromatic carbocycles. The minimum absolute atomic E-state index is 0.998. The average Bonchev–Trinajstić information content (AvgIpc) is 2.19. The summed E-state index contributed by atoms with van der Waals surface area (Å²) in [6, 6.07) is 8.56. The van der Waals surface area contributed by atoms with E-state index in [1.165, 1.54) is 12.0 Å². The van der Waals surface area contributed by atoms with Gasteiger partial charge in [-0.25, -0.2) is 0 Å². The summed E-state index contributed by atoms with van der Waals surface area (Å²) < 4.78 is 0. The maximum absolute atomic E-state index is 3.19. The molecule has 1 rings (SSSR count). The summed E-state index contributed by atoms with van der Waals surface area (Å²) >= 11 is 0. The molecule has 0 aliphatic heterocycles. The van der Waals surface area contributed by atoms with Crippen LogP contribution in [0.4, 0.5) is 0 Å². The lowest BCUT2D eigenvalue weighted by Gasteiger charge is -1.98. The lowest BCUT2D eigenvalue weighted by molar-refractivity contribution is 0.921. The van der Waals surface area contributed by atoms with Gasteiger partial charge in [0, 0.05) is 12.0 Å². The molecule has 0 bridgehead atoms. The Balaban J connectivity index is 2.69. The van der Waals surface area contributed by atoms with Crippen molar-refractivity contribution in [3.8, 4) is 11.8 Å². The molecule has 0 heterocycles. The molecule has 0 aliphatic rings. The number of hydrogen-bond acceptors (Lipinski definition) is 0. The summed E-state index contributed by atoms with van der Waals surface area (Å²) in [6.07, 6.45) is 4.49. The van der Waals surface area contributed by atoms with Crippen LogP contribution < -0.4 is 0 Å². The van der Waals surface area contributed by atoms with Crippen LogP contribution in [0, 0.1) is 11.8 Å². The smallest absolute Gasteiger partial charge is 0.0247 e. The maximum atomic E-state index is 3.19. The van der Waals surface area contributed by atoms with E-state index in [0.717, 1.165) is 24.8 Å². The predicted molar refractivity (Wildman–Crippen MR) is 62.2 cm³/mol. The zero-order valence-corrected chi connectivity index (χ0v) is 9.14. The van der Waals surface area contributed by atoms with Crippen molar-refractivity contribution in [3.63, 3.8) is 0 Å². The van der Waals surface area contributed by atoms with E-state index in [4.69, 9.17) is 0 Å². The third-order valence-electron chi connectivity index (χ3n) is 2.07. The fourth-order valence-corrected chi connectivity index (χ4v) is 1.38. The Labute approximate surface area is 87.4 Å². The molecule has 0 unspecified atom stereocenters. The van der Waals surface area contributed by atoms with E-state index in [1.54, 1.807) is 0 Å². The Morgan fingerprint density at radius 2 is 2.00 bits per heavy atom. The molecule has 0 spiro atoms. The van der Waals surface area contributed by atoms with Crippen LogP contribution in [0.1, 0.15) is 44.2 Å². The monoisotopic (exact) mass is 186 g/mol. The van der Waals surface area contributed by atoms with E-state index in [-0.39, 0.29) is 0 Å². The molecule has 0 saturated heterocycles. The van der Waals surface area contributed by atoms with Crippen LogP contribution in [0.15, 0.2) is 24.3 Å². The van der Waals surface area contributed by atoms with Crippen LogP contribution in [-0.4, -0.2) is 0 Å². The molecule has 0 fully saturated rings. The van der Waals surface area contributed by atoms with Crippen LogP contribution in [0.25, 0.3) is 0 Å². The summed E-state index contributed by atoms with van der Waals surface area (Å²) in [4.78, 5) is 0. The van der Waals surface area contributed by atoms with Gasteiger partial charge in [0.05, 0.1) is 0 Å². The molecule has 0 nitrogen and oxygen atoms in total. The predicted octanol–water partition coefficient (Wildman–Crippen LogP) is 3.79. The van der Waals surface area contributed by atoms with E-state index in [0.29, 0.717) is 0 Å². The molecular formula is C14H18. The number of benzene rings is 1. The van der Waals surface area contributed by atoms with Gasteiger partial charge in [0.2, 0.25) is 0 Å². The SMILES string of the molecule is CCCC#Cc1cccc(CCC)c1. The molecule has 74 valence electrons. The van der Waals surface area contributed by atoms with E-state index in [1.807, 2.05) is 0 Å². The topological polar surface area (TPSA) is 0 Å². The number of rotatable bonds is 3. The zero-order chi connectivity index (χ0) is 10.2. The second-order valence-electron chi connectivity index (χ2n) is 3.50. The quantitative estimate of drug-likeness (QED) is 0.630. The highest BCUT2D eigenvalue weighted by molar-refractivity contribution is 5.37. The first-order valence-electron chi connectivity index (χ1n) is 5.44. The van der Waals surface area contributed by atoms with Gasteiger partial charge in [-0.05, 0) is 30.5 Å². The van der Waals surface area contributed by atoms with E-state index in [2.05, 4.69) is 50.0 Å². The summed E-state index contributed by atoms with van der Waals surface area (Å²) in [6.45, 7) is 4.36. The van der Waals surface area contributed by atoms with Gasteiger partial charge in [0.1, 0.15) is 0 Å². The van der Waals surface area contributed by atoms with Crippen molar-refractivity contribution in [2.24, 2.45) is 0 Å². The Morgan fingerprint density at radius 3 is 2.71 bits per heavy atom. The second-order valence-corrected chi connectivity index (χ2v) is 3.50. The first kappa shape index (κ1) is 10.9. The van der Waals surface area contributed by atoms with Crippen LogP contribution in [0.3, 0.4) is 0 Å². The van der Waals surface area contributed by atoms with Crippen molar-refractivity contribution in [1.82, 2.24) is 0 Å². The second kappa shape index (κ2) is 6.27. The summed E-state index contributed by atoms with van der Waals surface area (Å²) in [5.74, 6) is 6.37. The Bertz CT molecular complexity index is 325. The molecule has 0 heteroatoms. The van der Waals surface area contributed by atoms with Crippen molar-refractivity contribution in [1.29, 1.82) is 0 Å². The lowest BCUT2D eigenvalue weighted by Crippen LogP contribution is -1.83. The van der Waals surface area contributed by atoms with Crippen molar-refractivity contribution in [2.45, 2.75) is 39.5 Å². The van der Waals surface area contributed by atoms with Gasteiger partial charge < -0.3 is 0 Å². The Hall–Kier alpha value is -1.22. The molecule has 0 amide bonds. The standard InChI is InChI=1S/C14H18/c1-3-5-6-9-14-11-7-10-13(12-14)8-4-2/h7,10-12H,3-5,8H2,1-2H3. The molecule has 1 aromatic rings. The molecule has 0 atom stereocenters. The number of unbranched alkanes of at least 4 members (excludes halogenated alkanes) is 1. The third kappa shape index (κ3) is 3.66. The molecule has 14 heavy (non-hydrogen) atoms. The highest BCUT2D eigenvalue weighted by atomic mass is 14.0. The average molecular weight is 186 g/mol. The fourth-order valence-electron chi connectivity index (χ4n) is 1.38. The van der Waals surface area contributed by atoms with E-state index >= 15 is 0 Å². The van der Waals surface area contributed by atoms with Crippen molar-refractivity contribution >= 4 is 0 Å². The highest BCUT2D eigenvalue weighted by Gasteiger charge is 1.91. The molecule has 0 radical (unpaired) electrons. The van der Waals surface area contributed by atoms with Gasteiger partial charge >= 0.3 is 0 Å². The molecule has 0 saturated carbocycles. The van der Waals surface area contributed by atoms with Crippen LogP contribution in [-0.2, 0) is 6.42 Å².